The average molecular weight is 306 g/mol. The van der Waals surface area contributed by atoms with Gasteiger partial charge in [-0.15, -0.1) is 0 Å². The van der Waals surface area contributed by atoms with Crippen molar-refractivity contribution in [3.63, 3.8) is 0 Å². The Labute approximate surface area is 138 Å². The maximum absolute atomic E-state index is 11.3. The Balaban J connectivity index is 1.91. The number of benzene rings is 2. The van der Waals surface area contributed by atoms with Crippen LogP contribution in [0.4, 0.5) is 0 Å². The van der Waals surface area contributed by atoms with Crippen LogP contribution in [0.3, 0.4) is 0 Å². The van der Waals surface area contributed by atoms with Gasteiger partial charge < -0.3 is 10.0 Å². The number of hydrogen-bond acceptors (Lipinski definition) is 1. The minimum absolute atomic E-state index is 0.672. The molecule has 0 spiro atoms. The molecule has 2 unspecified atom stereocenters. The second-order valence-corrected chi connectivity index (χ2v) is 6.37. The van der Waals surface area contributed by atoms with E-state index in [-0.39, 0.29) is 0 Å². The van der Waals surface area contributed by atoms with E-state index in [4.69, 9.17) is 0 Å². The van der Waals surface area contributed by atoms with Crippen molar-refractivity contribution in [2.24, 2.45) is 0 Å². The van der Waals surface area contributed by atoms with Gasteiger partial charge in [-0.2, -0.15) is 0 Å². The molecule has 0 radical (unpaired) electrons. The summed E-state index contributed by atoms with van der Waals surface area (Å²) in [7, 11) is 0. The first-order chi connectivity index (χ1) is 11.2. The number of aliphatic hydroxyl groups is 1. The zero-order valence-corrected chi connectivity index (χ0v) is 13.6. The lowest BCUT2D eigenvalue weighted by atomic mass is 9.87. The van der Waals surface area contributed by atoms with Crippen LogP contribution in [0.1, 0.15) is 30.9 Å². The highest BCUT2D eigenvalue weighted by Gasteiger charge is 2.29. The normalized spacial score (nSPS) is 20.8. The fourth-order valence-electron chi connectivity index (χ4n) is 3.30. The van der Waals surface area contributed by atoms with Crippen LogP contribution in [0, 0.1) is 11.8 Å². The maximum atomic E-state index is 11.3. The van der Waals surface area contributed by atoms with Gasteiger partial charge in [-0.1, -0.05) is 66.6 Å². The van der Waals surface area contributed by atoms with Gasteiger partial charge in [-0.05, 0) is 12.8 Å². The third-order valence-electron chi connectivity index (χ3n) is 4.80. The zero-order chi connectivity index (χ0) is 16.1. The van der Waals surface area contributed by atoms with E-state index in [0.29, 0.717) is 6.04 Å². The molecule has 0 amide bonds. The SMILES string of the molecule is CC1CCC[NH+]1CC#CC(O)(c1ccccc1)c1ccccc1. The molecule has 1 heterocycles. The van der Waals surface area contributed by atoms with Crippen molar-refractivity contribution in [1.29, 1.82) is 0 Å². The van der Waals surface area contributed by atoms with Crippen LogP contribution < -0.4 is 4.90 Å². The molecule has 0 bridgehead atoms. The van der Waals surface area contributed by atoms with Crippen LogP contribution in [-0.4, -0.2) is 24.2 Å². The van der Waals surface area contributed by atoms with E-state index >= 15 is 0 Å². The standard InChI is InChI=1S/C21H23NO/c1-18-10-8-16-22(18)17-9-15-21(23,19-11-4-2-5-12-19)20-13-6-3-7-14-20/h2-7,11-14,18,23H,8,10,16-17H2,1H3/p+1. The van der Waals surface area contributed by atoms with Gasteiger partial charge in [0.1, 0.15) is 6.54 Å². The second kappa shape index (κ2) is 7.00. The quantitative estimate of drug-likeness (QED) is 0.833. The lowest BCUT2D eigenvalue weighted by Crippen LogP contribution is -3.13. The predicted octanol–water partition coefficient (Wildman–Crippen LogP) is 1.99. The monoisotopic (exact) mass is 306 g/mol. The second-order valence-electron chi connectivity index (χ2n) is 6.37. The van der Waals surface area contributed by atoms with Crippen molar-refractivity contribution in [2.75, 3.05) is 13.1 Å². The van der Waals surface area contributed by atoms with Gasteiger partial charge in [0.2, 0.25) is 0 Å². The molecule has 2 aromatic carbocycles. The van der Waals surface area contributed by atoms with Gasteiger partial charge in [0.25, 0.3) is 0 Å². The smallest absolute Gasteiger partial charge is 0.177 e. The summed E-state index contributed by atoms with van der Waals surface area (Å²) in [6, 6.07) is 20.1. The van der Waals surface area contributed by atoms with E-state index in [1.807, 2.05) is 60.7 Å². The van der Waals surface area contributed by atoms with Gasteiger partial charge in [0.15, 0.2) is 5.60 Å². The highest BCUT2D eigenvalue weighted by Crippen LogP contribution is 2.28. The van der Waals surface area contributed by atoms with E-state index in [2.05, 4.69) is 18.8 Å². The van der Waals surface area contributed by atoms with Crippen molar-refractivity contribution in [1.82, 2.24) is 0 Å². The van der Waals surface area contributed by atoms with Crippen molar-refractivity contribution < 1.29 is 10.0 Å². The Morgan fingerprint density at radius 3 is 2.09 bits per heavy atom. The lowest BCUT2D eigenvalue weighted by Gasteiger charge is -2.23. The fourth-order valence-corrected chi connectivity index (χ4v) is 3.30. The molecule has 2 nitrogen and oxygen atoms in total. The molecule has 1 aliphatic rings. The third-order valence-corrected chi connectivity index (χ3v) is 4.80. The summed E-state index contributed by atoms with van der Waals surface area (Å²) in [5.41, 5.74) is 0.400. The van der Waals surface area contributed by atoms with Crippen molar-refractivity contribution in [3.05, 3.63) is 71.8 Å². The van der Waals surface area contributed by atoms with Crippen LogP contribution in [0.2, 0.25) is 0 Å². The van der Waals surface area contributed by atoms with Crippen LogP contribution in [0.15, 0.2) is 60.7 Å². The molecular formula is C21H24NO+. The first-order valence-electron chi connectivity index (χ1n) is 8.38. The zero-order valence-electron chi connectivity index (χ0n) is 13.6. The van der Waals surface area contributed by atoms with Gasteiger partial charge in [-0.3, -0.25) is 0 Å². The largest absolute Gasteiger partial charge is 0.369 e. The summed E-state index contributed by atoms with van der Waals surface area (Å²) >= 11 is 0. The van der Waals surface area contributed by atoms with Gasteiger partial charge in [0, 0.05) is 24.0 Å². The molecule has 0 aliphatic carbocycles. The molecule has 2 atom stereocenters. The maximum Gasteiger partial charge on any atom is 0.177 e. The van der Waals surface area contributed by atoms with E-state index in [0.717, 1.165) is 17.7 Å². The molecule has 0 aromatic heterocycles. The Morgan fingerprint density at radius 2 is 1.61 bits per heavy atom. The summed E-state index contributed by atoms with van der Waals surface area (Å²) in [5.74, 6) is 6.42. The molecule has 3 rings (SSSR count). The van der Waals surface area contributed by atoms with Gasteiger partial charge in [0.05, 0.1) is 12.6 Å². The molecule has 0 saturated carbocycles. The lowest BCUT2D eigenvalue weighted by molar-refractivity contribution is -0.903. The molecule has 23 heavy (non-hydrogen) atoms. The van der Waals surface area contributed by atoms with E-state index in [1.165, 1.54) is 24.3 Å². The van der Waals surface area contributed by atoms with Crippen LogP contribution in [0.25, 0.3) is 0 Å². The summed E-state index contributed by atoms with van der Waals surface area (Å²) in [4.78, 5) is 1.53. The Morgan fingerprint density at radius 1 is 1.04 bits per heavy atom. The Bertz CT molecular complexity index is 645. The molecule has 2 heteroatoms. The average Bonchev–Trinajstić information content (AvgIpc) is 3.01. The Hall–Kier alpha value is -2.08. The van der Waals surface area contributed by atoms with Crippen LogP contribution in [0.5, 0.6) is 0 Å². The van der Waals surface area contributed by atoms with Crippen molar-refractivity contribution in [3.8, 4) is 11.8 Å². The van der Waals surface area contributed by atoms with Crippen LogP contribution >= 0.6 is 0 Å². The molecule has 2 aromatic rings. The highest BCUT2D eigenvalue weighted by molar-refractivity contribution is 5.44. The highest BCUT2D eigenvalue weighted by atomic mass is 16.3. The topological polar surface area (TPSA) is 24.7 Å². The number of hydrogen-bond donors (Lipinski definition) is 2. The minimum atomic E-state index is -1.25. The first-order valence-corrected chi connectivity index (χ1v) is 8.38. The number of quaternary nitrogens is 1. The minimum Gasteiger partial charge on any atom is -0.369 e. The summed E-state index contributed by atoms with van der Waals surface area (Å²) in [5, 5.41) is 11.3. The summed E-state index contributed by atoms with van der Waals surface area (Å²) < 4.78 is 0. The van der Waals surface area contributed by atoms with Crippen molar-refractivity contribution >= 4 is 0 Å². The van der Waals surface area contributed by atoms with Gasteiger partial charge in [-0.25, -0.2) is 0 Å². The molecule has 2 N–H and O–H groups in total. The number of rotatable bonds is 3. The number of likely N-dealkylation sites (tertiary alicyclic amines) is 1. The van der Waals surface area contributed by atoms with Crippen molar-refractivity contribution in [2.45, 2.75) is 31.4 Å². The predicted molar refractivity (Wildman–Crippen MR) is 93.1 cm³/mol. The molecule has 1 aliphatic heterocycles. The van der Waals surface area contributed by atoms with E-state index < -0.39 is 5.60 Å². The van der Waals surface area contributed by atoms with E-state index in [9.17, 15) is 5.11 Å². The first kappa shape index (κ1) is 15.8. The number of nitrogens with one attached hydrogen (secondary N) is 1. The molecule has 1 saturated heterocycles. The van der Waals surface area contributed by atoms with E-state index in [1.54, 1.807) is 0 Å². The molecular weight excluding hydrogens is 282 g/mol. The third kappa shape index (κ3) is 3.47. The molecule has 1 fully saturated rings. The van der Waals surface area contributed by atoms with Gasteiger partial charge >= 0.3 is 0 Å². The Kier molecular flexibility index (Phi) is 4.81. The summed E-state index contributed by atoms with van der Waals surface area (Å²) in [6.45, 7) is 4.26. The molecule has 118 valence electrons. The fraction of sp³-hybridized carbons (Fsp3) is 0.333. The van der Waals surface area contributed by atoms with Crippen LogP contribution in [-0.2, 0) is 5.60 Å². The summed E-state index contributed by atoms with van der Waals surface area (Å²) in [6.07, 6.45) is 2.55.